The van der Waals surface area contributed by atoms with Crippen molar-refractivity contribution in [1.82, 2.24) is 10.3 Å². The lowest BCUT2D eigenvalue weighted by Crippen LogP contribution is -2.16. The van der Waals surface area contributed by atoms with Crippen LogP contribution in [-0.2, 0) is 6.54 Å². The average molecular weight is 261 g/mol. The molecule has 0 unspecified atom stereocenters. The number of pyridine rings is 1. The number of nitriles is 1. The summed E-state index contributed by atoms with van der Waals surface area (Å²) in [6.07, 6.45) is 0.706. The predicted molar refractivity (Wildman–Crippen MR) is 75.9 cm³/mol. The Hall–Kier alpha value is -1.60. The van der Waals surface area contributed by atoms with Crippen LogP contribution in [0.25, 0.3) is 0 Å². The first-order chi connectivity index (χ1) is 8.98. The Bertz CT molecular complexity index is 449. The lowest BCUT2D eigenvalue weighted by Gasteiger charge is -2.16. The molecule has 0 aliphatic rings. The van der Waals surface area contributed by atoms with E-state index in [0.29, 0.717) is 19.6 Å². The van der Waals surface area contributed by atoms with Crippen molar-refractivity contribution in [1.29, 1.82) is 5.26 Å². The van der Waals surface area contributed by atoms with Gasteiger partial charge >= 0.3 is 0 Å². The summed E-state index contributed by atoms with van der Waals surface area (Å²) in [5, 5.41) is 12.2. The summed E-state index contributed by atoms with van der Waals surface area (Å²) in [7, 11) is 0. The van der Waals surface area contributed by atoms with Gasteiger partial charge in [0.2, 0.25) is 0 Å². The third kappa shape index (κ3) is 5.27. The van der Waals surface area contributed by atoms with Crippen LogP contribution in [0.1, 0.15) is 38.6 Å². The minimum absolute atomic E-state index is 0.347. The largest absolute Gasteiger partial charge is 0.492 e. The Morgan fingerprint density at radius 1 is 1.42 bits per heavy atom. The molecular formula is C15H23N3O. The molecule has 4 nitrogen and oxygen atoms in total. The maximum Gasteiger partial charge on any atom is 0.142 e. The van der Waals surface area contributed by atoms with Crippen LogP contribution in [-0.4, -0.2) is 18.1 Å². The highest BCUT2D eigenvalue weighted by atomic mass is 16.5. The number of ether oxygens (including phenoxy) is 1. The zero-order valence-corrected chi connectivity index (χ0v) is 12.3. The molecule has 1 aromatic rings. The van der Waals surface area contributed by atoms with Gasteiger partial charge in [-0.05, 0) is 45.9 Å². The Balaban J connectivity index is 2.64. The summed E-state index contributed by atoms with van der Waals surface area (Å²) in [4.78, 5) is 4.49. The van der Waals surface area contributed by atoms with Crippen LogP contribution in [0.15, 0.2) is 12.1 Å². The molecule has 19 heavy (non-hydrogen) atoms. The maximum absolute atomic E-state index is 8.97. The molecule has 1 heterocycles. The average Bonchev–Trinajstić information content (AvgIpc) is 2.38. The van der Waals surface area contributed by atoms with E-state index in [0.717, 1.165) is 23.7 Å². The molecule has 1 aromatic heterocycles. The molecule has 4 heteroatoms. The van der Waals surface area contributed by atoms with Crippen molar-refractivity contribution in [3.63, 3.8) is 0 Å². The van der Waals surface area contributed by atoms with Gasteiger partial charge in [-0.25, -0.2) is 0 Å². The molecule has 1 rings (SSSR count). The SMILES string of the molecule is CCNCc1nc(C)ccc1OCCC(C)(C)C#N. The molecule has 1 N–H and O–H groups in total. The van der Waals surface area contributed by atoms with E-state index in [2.05, 4.69) is 23.3 Å². The van der Waals surface area contributed by atoms with Crippen molar-refractivity contribution < 1.29 is 4.74 Å². The van der Waals surface area contributed by atoms with E-state index >= 15 is 0 Å². The second kappa shape index (κ2) is 7.10. The quantitative estimate of drug-likeness (QED) is 0.820. The molecule has 0 bridgehead atoms. The van der Waals surface area contributed by atoms with Crippen molar-refractivity contribution in [2.24, 2.45) is 5.41 Å². The standard InChI is InChI=1S/C15H23N3O/c1-5-17-10-13-14(7-6-12(2)18-13)19-9-8-15(3,4)11-16/h6-7,17H,5,8-10H2,1-4H3. The number of rotatable bonds is 7. The van der Waals surface area contributed by atoms with Crippen molar-refractivity contribution in [2.45, 2.75) is 40.7 Å². The topological polar surface area (TPSA) is 57.9 Å². The van der Waals surface area contributed by atoms with Gasteiger partial charge in [0.25, 0.3) is 0 Å². The fourth-order valence-electron chi connectivity index (χ4n) is 1.57. The molecule has 0 amide bonds. The van der Waals surface area contributed by atoms with Gasteiger partial charge < -0.3 is 10.1 Å². The Kier molecular flexibility index (Phi) is 5.78. The minimum Gasteiger partial charge on any atom is -0.492 e. The summed E-state index contributed by atoms with van der Waals surface area (Å²) in [5.74, 6) is 0.806. The van der Waals surface area contributed by atoms with Crippen molar-refractivity contribution in [3.05, 3.63) is 23.5 Å². The summed E-state index contributed by atoms with van der Waals surface area (Å²) < 4.78 is 5.77. The van der Waals surface area contributed by atoms with Crippen LogP contribution >= 0.6 is 0 Å². The van der Waals surface area contributed by atoms with Crippen LogP contribution < -0.4 is 10.1 Å². The van der Waals surface area contributed by atoms with E-state index < -0.39 is 0 Å². The normalized spacial score (nSPS) is 11.1. The number of hydrogen-bond acceptors (Lipinski definition) is 4. The number of nitrogens with zero attached hydrogens (tertiary/aromatic N) is 2. The third-order valence-corrected chi connectivity index (χ3v) is 2.90. The fourth-order valence-corrected chi connectivity index (χ4v) is 1.57. The van der Waals surface area contributed by atoms with E-state index in [4.69, 9.17) is 10.00 Å². The summed E-state index contributed by atoms with van der Waals surface area (Å²) in [6.45, 7) is 10.0. The van der Waals surface area contributed by atoms with Gasteiger partial charge in [-0.3, -0.25) is 4.98 Å². The zero-order valence-electron chi connectivity index (χ0n) is 12.3. The van der Waals surface area contributed by atoms with Gasteiger partial charge in [-0.2, -0.15) is 5.26 Å². The lowest BCUT2D eigenvalue weighted by atomic mass is 9.92. The van der Waals surface area contributed by atoms with Crippen molar-refractivity contribution in [3.8, 4) is 11.8 Å². The second-order valence-corrected chi connectivity index (χ2v) is 5.27. The minimum atomic E-state index is -0.347. The van der Waals surface area contributed by atoms with Gasteiger partial charge in [-0.1, -0.05) is 6.92 Å². The maximum atomic E-state index is 8.97. The van der Waals surface area contributed by atoms with Crippen molar-refractivity contribution >= 4 is 0 Å². The highest BCUT2D eigenvalue weighted by Crippen LogP contribution is 2.21. The lowest BCUT2D eigenvalue weighted by molar-refractivity contribution is 0.260. The molecule has 0 radical (unpaired) electrons. The van der Waals surface area contributed by atoms with Gasteiger partial charge in [0, 0.05) is 12.2 Å². The van der Waals surface area contributed by atoms with E-state index in [-0.39, 0.29) is 5.41 Å². The van der Waals surface area contributed by atoms with Crippen LogP contribution in [0.4, 0.5) is 0 Å². The number of hydrogen-bond donors (Lipinski definition) is 1. The highest BCUT2D eigenvalue weighted by molar-refractivity contribution is 5.29. The molecule has 0 saturated heterocycles. The monoisotopic (exact) mass is 261 g/mol. The van der Waals surface area contributed by atoms with E-state index in [9.17, 15) is 0 Å². The summed E-state index contributed by atoms with van der Waals surface area (Å²) in [6, 6.07) is 6.18. The third-order valence-electron chi connectivity index (χ3n) is 2.90. The van der Waals surface area contributed by atoms with Gasteiger partial charge in [-0.15, -0.1) is 0 Å². The smallest absolute Gasteiger partial charge is 0.142 e. The van der Waals surface area contributed by atoms with Gasteiger partial charge in [0.1, 0.15) is 5.75 Å². The number of aryl methyl sites for hydroxylation is 1. The molecule has 0 spiro atoms. The summed E-state index contributed by atoms with van der Waals surface area (Å²) >= 11 is 0. The van der Waals surface area contributed by atoms with Crippen LogP contribution in [0.3, 0.4) is 0 Å². The molecule has 104 valence electrons. The molecular weight excluding hydrogens is 238 g/mol. The number of nitrogens with one attached hydrogen (secondary N) is 1. The first-order valence-electron chi connectivity index (χ1n) is 6.70. The van der Waals surface area contributed by atoms with Crippen LogP contribution in [0.2, 0.25) is 0 Å². The Morgan fingerprint density at radius 2 is 2.16 bits per heavy atom. The highest BCUT2D eigenvalue weighted by Gasteiger charge is 2.17. The predicted octanol–water partition coefficient (Wildman–Crippen LogP) is 2.82. The van der Waals surface area contributed by atoms with Crippen LogP contribution in [0.5, 0.6) is 5.75 Å². The molecule has 0 fully saturated rings. The van der Waals surface area contributed by atoms with E-state index in [1.54, 1.807) is 0 Å². The number of aromatic nitrogens is 1. The molecule has 0 aliphatic heterocycles. The summed E-state index contributed by atoms with van der Waals surface area (Å²) in [5.41, 5.74) is 1.56. The second-order valence-electron chi connectivity index (χ2n) is 5.27. The van der Waals surface area contributed by atoms with E-state index in [1.165, 1.54) is 0 Å². The fraction of sp³-hybridized carbons (Fsp3) is 0.600. The first-order valence-corrected chi connectivity index (χ1v) is 6.70. The molecule has 0 aliphatic carbocycles. The molecule has 0 atom stereocenters. The molecule has 0 saturated carbocycles. The van der Waals surface area contributed by atoms with Crippen LogP contribution in [0, 0.1) is 23.7 Å². The first kappa shape index (κ1) is 15.5. The zero-order chi connectivity index (χ0) is 14.3. The van der Waals surface area contributed by atoms with E-state index in [1.807, 2.05) is 32.9 Å². The molecule has 0 aromatic carbocycles. The van der Waals surface area contributed by atoms with Crippen molar-refractivity contribution in [2.75, 3.05) is 13.2 Å². The Morgan fingerprint density at radius 3 is 2.79 bits per heavy atom. The van der Waals surface area contributed by atoms with Gasteiger partial charge in [0.15, 0.2) is 0 Å². The Labute approximate surface area is 115 Å². The van der Waals surface area contributed by atoms with Gasteiger partial charge in [0.05, 0.1) is 23.8 Å².